The van der Waals surface area contributed by atoms with Crippen LogP contribution in [0.4, 0.5) is 0 Å². The molecule has 4 rings (SSSR count). The van der Waals surface area contributed by atoms with Crippen LogP contribution in [0.1, 0.15) is 32.1 Å². The van der Waals surface area contributed by atoms with E-state index in [1.807, 2.05) is 23.2 Å². The van der Waals surface area contributed by atoms with Crippen molar-refractivity contribution < 1.29 is 4.79 Å². The van der Waals surface area contributed by atoms with Gasteiger partial charge in [-0.3, -0.25) is 4.79 Å². The SMILES string of the molecule is O=C(c1cc2c(s1)/C=C\C/C=N\C(NCCc1ccccc1)=N/C2)N1CCNCC1. The molecule has 0 aliphatic carbocycles. The van der Waals surface area contributed by atoms with E-state index in [0.717, 1.165) is 60.9 Å². The quantitative estimate of drug-likeness (QED) is 0.798. The summed E-state index contributed by atoms with van der Waals surface area (Å²) < 4.78 is 0. The second-order valence-corrected chi connectivity index (χ2v) is 8.38. The van der Waals surface area contributed by atoms with Gasteiger partial charge in [-0.05, 0) is 29.7 Å². The van der Waals surface area contributed by atoms with E-state index >= 15 is 0 Å². The molecule has 2 aliphatic rings. The topological polar surface area (TPSA) is 69.1 Å². The Hall–Kier alpha value is -2.77. The molecular formula is C23H27N5OS. The molecule has 0 bridgehead atoms. The third-order valence-electron chi connectivity index (χ3n) is 5.12. The number of benzene rings is 1. The fourth-order valence-electron chi connectivity index (χ4n) is 3.48. The molecule has 1 fully saturated rings. The minimum Gasteiger partial charge on any atom is -0.354 e. The number of amides is 1. The summed E-state index contributed by atoms with van der Waals surface area (Å²) in [5.74, 6) is 0.770. The van der Waals surface area contributed by atoms with E-state index in [1.165, 1.54) is 5.56 Å². The van der Waals surface area contributed by atoms with Gasteiger partial charge in [0.15, 0.2) is 0 Å². The summed E-state index contributed by atoms with van der Waals surface area (Å²) in [6, 6.07) is 12.4. The number of piperazine rings is 1. The number of nitrogens with one attached hydrogen (secondary N) is 2. The summed E-state index contributed by atoms with van der Waals surface area (Å²) in [5.41, 5.74) is 2.36. The van der Waals surface area contributed by atoms with Gasteiger partial charge in [-0.1, -0.05) is 36.4 Å². The van der Waals surface area contributed by atoms with Crippen LogP contribution >= 0.6 is 11.3 Å². The van der Waals surface area contributed by atoms with Crippen molar-refractivity contribution in [1.82, 2.24) is 15.5 Å². The van der Waals surface area contributed by atoms with E-state index in [1.54, 1.807) is 11.3 Å². The highest BCUT2D eigenvalue weighted by atomic mass is 32.1. The van der Waals surface area contributed by atoms with Gasteiger partial charge in [0.2, 0.25) is 5.96 Å². The van der Waals surface area contributed by atoms with Crippen LogP contribution in [0.5, 0.6) is 0 Å². The predicted molar refractivity (Wildman–Crippen MR) is 125 cm³/mol. The second kappa shape index (κ2) is 10.3. The summed E-state index contributed by atoms with van der Waals surface area (Å²) >= 11 is 1.56. The lowest BCUT2D eigenvalue weighted by molar-refractivity contribution is 0.0740. The maximum Gasteiger partial charge on any atom is 0.264 e. The summed E-state index contributed by atoms with van der Waals surface area (Å²) in [7, 11) is 0. The number of aliphatic imine (C=N–C) groups is 2. The Morgan fingerprint density at radius 1 is 1.20 bits per heavy atom. The summed E-state index contributed by atoms with van der Waals surface area (Å²) in [6.45, 7) is 4.53. The molecule has 0 atom stereocenters. The zero-order valence-corrected chi connectivity index (χ0v) is 17.8. The smallest absolute Gasteiger partial charge is 0.264 e. The maximum absolute atomic E-state index is 12.9. The van der Waals surface area contributed by atoms with Crippen molar-refractivity contribution in [3.8, 4) is 0 Å². The van der Waals surface area contributed by atoms with E-state index in [0.29, 0.717) is 12.5 Å². The van der Waals surface area contributed by atoms with Crippen molar-refractivity contribution >= 4 is 35.5 Å². The first-order valence-electron chi connectivity index (χ1n) is 10.4. The lowest BCUT2D eigenvalue weighted by Crippen LogP contribution is -2.46. The molecule has 1 aromatic carbocycles. The first-order chi connectivity index (χ1) is 14.8. The number of guanidine groups is 1. The molecule has 0 unspecified atom stereocenters. The van der Waals surface area contributed by atoms with Gasteiger partial charge < -0.3 is 15.5 Å². The van der Waals surface area contributed by atoms with Gasteiger partial charge in [0.25, 0.3) is 5.91 Å². The Labute approximate surface area is 181 Å². The van der Waals surface area contributed by atoms with Crippen LogP contribution in [0.25, 0.3) is 6.08 Å². The largest absolute Gasteiger partial charge is 0.354 e. The first kappa shape index (κ1) is 20.5. The molecule has 0 spiro atoms. The number of carbonyl (C=O) groups excluding carboxylic acids is 1. The van der Waals surface area contributed by atoms with Gasteiger partial charge in [-0.2, -0.15) is 0 Å². The minimum absolute atomic E-state index is 0.124. The van der Waals surface area contributed by atoms with Crippen molar-refractivity contribution in [3.05, 3.63) is 63.4 Å². The van der Waals surface area contributed by atoms with Gasteiger partial charge in [0.1, 0.15) is 0 Å². The molecule has 2 aromatic rings. The number of thiophene rings is 1. The van der Waals surface area contributed by atoms with Crippen LogP contribution < -0.4 is 10.6 Å². The lowest BCUT2D eigenvalue weighted by Gasteiger charge is -2.26. The number of hydrogen-bond donors (Lipinski definition) is 2. The average Bonchev–Trinajstić information content (AvgIpc) is 3.21. The first-order valence-corrected chi connectivity index (χ1v) is 11.3. The molecule has 2 aliphatic heterocycles. The van der Waals surface area contributed by atoms with Crippen LogP contribution in [-0.4, -0.2) is 55.7 Å². The predicted octanol–water partition coefficient (Wildman–Crippen LogP) is 2.97. The number of allylic oxidation sites excluding steroid dienone is 1. The molecule has 156 valence electrons. The van der Waals surface area contributed by atoms with E-state index in [9.17, 15) is 4.79 Å². The molecular weight excluding hydrogens is 394 g/mol. The highest BCUT2D eigenvalue weighted by Gasteiger charge is 2.21. The number of carbonyl (C=O) groups is 1. The number of rotatable bonds is 4. The van der Waals surface area contributed by atoms with E-state index in [2.05, 4.69) is 57.0 Å². The monoisotopic (exact) mass is 421 g/mol. The number of nitrogens with zero attached hydrogens (tertiary/aromatic N) is 3. The fourth-order valence-corrected chi connectivity index (χ4v) is 4.55. The average molecular weight is 422 g/mol. The van der Waals surface area contributed by atoms with Crippen molar-refractivity contribution in [2.24, 2.45) is 9.98 Å². The Morgan fingerprint density at radius 3 is 2.87 bits per heavy atom. The Kier molecular flexibility index (Phi) is 7.05. The third kappa shape index (κ3) is 5.43. The molecule has 1 saturated heterocycles. The number of hydrogen-bond acceptors (Lipinski definition) is 6. The Morgan fingerprint density at radius 2 is 2.03 bits per heavy atom. The zero-order valence-electron chi connectivity index (χ0n) is 17.0. The Balaban J connectivity index is 1.44. The highest BCUT2D eigenvalue weighted by molar-refractivity contribution is 7.15. The van der Waals surface area contributed by atoms with Crippen molar-refractivity contribution in [3.63, 3.8) is 0 Å². The summed E-state index contributed by atoms with van der Waals surface area (Å²) in [5, 5.41) is 6.64. The molecule has 1 aromatic heterocycles. The molecule has 7 heteroatoms. The van der Waals surface area contributed by atoms with Crippen LogP contribution in [0.2, 0.25) is 0 Å². The second-order valence-electron chi connectivity index (χ2n) is 7.29. The minimum atomic E-state index is 0.124. The molecule has 0 radical (unpaired) electrons. The third-order valence-corrected chi connectivity index (χ3v) is 6.25. The van der Waals surface area contributed by atoms with Gasteiger partial charge >= 0.3 is 0 Å². The van der Waals surface area contributed by atoms with Gasteiger partial charge in [-0.15, -0.1) is 11.3 Å². The molecule has 30 heavy (non-hydrogen) atoms. The van der Waals surface area contributed by atoms with Gasteiger partial charge in [0.05, 0.1) is 11.4 Å². The molecule has 6 nitrogen and oxygen atoms in total. The van der Waals surface area contributed by atoms with Crippen molar-refractivity contribution in [1.29, 1.82) is 0 Å². The normalized spacial score (nSPS) is 20.5. The number of fused-ring (bicyclic) bond motifs is 1. The molecule has 2 N–H and O–H groups in total. The fraction of sp³-hybridized carbons (Fsp3) is 0.348. The summed E-state index contributed by atoms with van der Waals surface area (Å²) in [4.78, 5) is 25.9. The highest BCUT2D eigenvalue weighted by Crippen LogP contribution is 2.26. The van der Waals surface area contributed by atoms with Crippen LogP contribution in [0.15, 0.2) is 52.5 Å². The van der Waals surface area contributed by atoms with Gasteiger partial charge in [0, 0.05) is 50.2 Å². The Bertz CT molecular complexity index is 942. The molecule has 3 heterocycles. The van der Waals surface area contributed by atoms with Crippen molar-refractivity contribution in [2.75, 3.05) is 32.7 Å². The summed E-state index contributed by atoms with van der Waals surface area (Å²) in [6.07, 6.45) is 7.70. The standard InChI is InChI=1S/C23H27N5OS/c29-22(28-14-12-24-13-15-28)21-16-19-17-27-23(25-10-5-4-8-20(19)30-21)26-11-9-18-6-2-1-3-7-18/h1-4,6-8,10,16,24H,5,9,11-15,17H2,(H,26,27)/b8-4-,25-10-. The van der Waals surface area contributed by atoms with E-state index < -0.39 is 0 Å². The zero-order chi connectivity index (χ0) is 20.6. The molecule has 0 saturated carbocycles. The van der Waals surface area contributed by atoms with Crippen LogP contribution in [-0.2, 0) is 13.0 Å². The van der Waals surface area contributed by atoms with Crippen LogP contribution in [0, 0.1) is 0 Å². The molecule has 1 amide bonds. The van der Waals surface area contributed by atoms with Gasteiger partial charge in [-0.25, -0.2) is 9.98 Å². The van der Waals surface area contributed by atoms with Crippen molar-refractivity contribution in [2.45, 2.75) is 19.4 Å². The lowest BCUT2D eigenvalue weighted by atomic mass is 10.1. The van der Waals surface area contributed by atoms with E-state index in [4.69, 9.17) is 0 Å². The van der Waals surface area contributed by atoms with E-state index in [-0.39, 0.29) is 5.91 Å². The van der Waals surface area contributed by atoms with Crippen LogP contribution in [0.3, 0.4) is 0 Å². The maximum atomic E-state index is 12.9.